The topological polar surface area (TPSA) is 77.5 Å². The van der Waals surface area contributed by atoms with Gasteiger partial charge in [0.2, 0.25) is 0 Å². The summed E-state index contributed by atoms with van der Waals surface area (Å²) in [6.45, 7) is 3.32. The fourth-order valence-corrected chi connectivity index (χ4v) is 4.33. The summed E-state index contributed by atoms with van der Waals surface area (Å²) in [4.78, 5) is 22.5. The van der Waals surface area contributed by atoms with E-state index in [9.17, 15) is 4.79 Å². The van der Waals surface area contributed by atoms with E-state index < -0.39 is 0 Å². The van der Waals surface area contributed by atoms with Crippen molar-refractivity contribution >= 4 is 34.1 Å². The number of hydrogen-bond acceptors (Lipinski definition) is 6. The van der Waals surface area contributed by atoms with E-state index in [1.165, 1.54) is 10.5 Å². The predicted molar refractivity (Wildman–Crippen MR) is 140 cm³/mol. The lowest BCUT2D eigenvalue weighted by molar-refractivity contribution is 0.230. The smallest absolute Gasteiger partial charge is 0.321 e. The molecule has 1 saturated heterocycles. The third kappa shape index (κ3) is 5.01. The normalized spacial score (nSPS) is 13.7. The molecule has 1 fully saturated rings. The number of nitrogens with one attached hydrogen (secondary N) is 1. The van der Waals surface area contributed by atoms with Crippen molar-refractivity contribution in [3.05, 3.63) is 84.2 Å². The maximum absolute atomic E-state index is 11.8. The molecule has 0 atom stereocenters. The number of benzene rings is 2. The number of rotatable bonds is 5. The van der Waals surface area contributed by atoms with Crippen LogP contribution < -0.4 is 15.1 Å². The Hall–Kier alpha value is -4.20. The summed E-state index contributed by atoms with van der Waals surface area (Å²) in [7, 11) is 3.42. The Kier molecular flexibility index (Phi) is 6.43. The maximum Gasteiger partial charge on any atom is 0.321 e. The molecule has 0 spiro atoms. The highest BCUT2D eigenvalue weighted by atomic mass is 16.2. The standard InChI is InChI=1S/C27H29N7O/c1-32(2)27(35)29-21-12-13-25(28-19-21)33-14-16-34(17-15-33)26-23-11-7-6-10-22(23)24(30-31-26)18-20-8-4-3-5-9-20/h3-13,19H,14-18H2,1-2H3,(H,29,35). The lowest BCUT2D eigenvalue weighted by Gasteiger charge is -2.36. The Labute approximate surface area is 205 Å². The number of fused-ring (bicyclic) bond motifs is 1. The summed E-state index contributed by atoms with van der Waals surface area (Å²) >= 11 is 0. The van der Waals surface area contributed by atoms with Crippen LogP contribution in [0.1, 0.15) is 11.3 Å². The molecule has 8 heteroatoms. The van der Waals surface area contributed by atoms with Crippen LogP contribution in [0.15, 0.2) is 72.9 Å². The fraction of sp³-hybridized carbons (Fsp3) is 0.259. The number of amides is 2. The van der Waals surface area contributed by atoms with Crippen LogP contribution in [0.5, 0.6) is 0 Å². The molecule has 2 amide bonds. The van der Waals surface area contributed by atoms with Crippen LogP contribution in [0.25, 0.3) is 10.8 Å². The minimum absolute atomic E-state index is 0.170. The van der Waals surface area contributed by atoms with E-state index in [1.54, 1.807) is 20.3 Å². The van der Waals surface area contributed by atoms with Gasteiger partial charge in [-0.1, -0.05) is 54.6 Å². The molecule has 35 heavy (non-hydrogen) atoms. The number of piperazine rings is 1. The average molecular weight is 468 g/mol. The van der Waals surface area contributed by atoms with Crippen LogP contribution >= 0.6 is 0 Å². The predicted octanol–water partition coefficient (Wildman–Crippen LogP) is 4.04. The maximum atomic E-state index is 11.8. The summed E-state index contributed by atoms with van der Waals surface area (Å²) in [6, 6.07) is 22.5. The van der Waals surface area contributed by atoms with Gasteiger partial charge in [-0.05, 0) is 17.7 Å². The fourth-order valence-electron chi connectivity index (χ4n) is 4.33. The number of carbonyl (C=O) groups is 1. The van der Waals surface area contributed by atoms with E-state index in [0.29, 0.717) is 5.69 Å². The van der Waals surface area contributed by atoms with E-state index in [4.69, 9.17) is 0 Å². The van der Waals surface area contributed by atoms with Crippen molar-refractivity contribution in [3.8, 4) is 0 Å². The van der Waals surface area contributed by atoms with E-state index in [2.05, 4.69) is 78.8 Å². The zero-order valence-corrected chi connectivity index (χ0v) is 20.1. The number of urea groups is 1. The molecule has 2 aromatic carbocycles. The largest absolute Gasteiger partial charge is 0.353 e. The van der Waals surface area contributed by atoms with Gasteiger partial charge >= 0.3 is 6.03 Å². The van der Waals surface area contributed by atoms with Crippen LogP contribution in [0.3, 0.4) is 0 Å². The molecule has 0 aliphatic carbocycles. The quantitative estimate of drug-likeness (QED) is 0.477. The minimum Gasteiger partial charge on any atom is -0.353 e. The molecule has 0 radical (unpaired) electrons. The van der Waals surface area contributed by atoms with Gasteiger partial charge in [-0.15, -0.1) is 5.10 Å². The Morgan fingerprint density at radius 1 is 0.857 bits per heavy atom. The van der Waals surface area contributed by atoms with Crippen molar-refractivity contribution in [1.29, 1.82) is 0 Å². The number of carbonyl (C=O) groups excluding carboxylic acids is 1. The zero-order valence-electron chi connectivity index (χ0n) is 20.1. The van der Waals surface area contributed by atoms with Crippen molar-refractivity contribution in [1.82, 2.24) is 20.1 Å². The average Bonchev–Trinajstić information content (AvgIpc) is 2.90. The Balaban J connectivity index is 1.29. The van der Waals surface area contributed by atoms with Gasteiger partial charge in [0.25, 0.3) is 0 Å². The monoisotopic (exact) mass is 467 g/mol. The first-order valence-electron chi connectivity index (χ1n) is 11.8. The molecule has 3 heterocycles. The first kappa shape index (κ1) is 22.6. The molecule has 0 unspecified atom stereocenters. The summed E-state index contributed by atoms with van der Waals surface area (Å²) < 4.78 is 0. The zero-order chi connectivity index (χ0) is 24.2. The molecule has 178 valence electrons. The van der Waals surface area contributed by atoms with Crippen LogP contribution in [-0.4, -0.2) is 66.4 Å². The number of aromatic nitrogens is 3. The van der Waals surface area contributed by atoms with E-state index in [-0.39, 0.29) is 6.03 Å². The van der Waals surface area contributed by atoms with E-state index in [0.717, 1.165) is 60.7 Å². The van der Waals surface area contributed by atoms with Crippen LogP contribution in [-0.2, 0) is 6.42 Å². The summed E-state index contributed by atoms with van der Waals surface area (Å²) in [6.07, 6.45) is 2.46. The van der Waals surface area contributed by atoms with Gasteiger partial charge in [0.15, 0.2) is 5.82 Å². The second-order valence-electron chi connectivity index (χ2n) is 8.88. The lowest BCUT2D eigenvalue weighted by Crippen LogP contribution is -2.47. The van der Waals surface area contributed by atoms with Gasteiger partial charge in [-0.2, -0.15) is 5.10 Å². The van der Waals surface area contributed by atoms with Gasteiger partial charge in [0.05, 0.1) is 17.6 Å². The Bertz CT molecular complexity index is 1300. The molecule has 2 aromatic heterocycles. The third-order valence-corrected chi connectivity index (χ3v) is 6.27. The summed E-state index contributed by atoms with van der Waals surface area (Å²) in [5.41, 5.74) is 2.91. The van der Waals surface area contributed by atoms with Crippen molar-refractivity contribution < 1.29 is 4.79 Å². The van der Waals surface area contributed by atoms with Gasteiger partial charge < -0.3 is 20.0 Å². The highest BCUT2D eigenvalue weighted by Crippen LogP contribution is 2.28. The molecule has 4 aromatic rings. The SMILES string of the molecule is CN(C)C(=O)Nc1ccc(N2CCN(c3nnc(Cc4ccccc4)c4ccccc34)CC2)nc1. The summed E-state index contributed by atoms with van der Waals surface area (Å²) in [5, 5.41) is 14.4. The molecule has 1 aliphatic rings. The number of nitrogens with zero attached hydrogens (tertiary/aromatic N) is 6. The molecule has 0 saturated carbocycles. The third-order valence-electron chi connectivity index (χ3n) is 6.27. The van der Waals surface area contributed by atoms with Crippen LogP contribution in [0, 0.1) is 0 Å². The number of hydrogen-bond donors (Lipinski definition) is 1. The molecule has 0 bridgehead atoms. The van der Waals surface area contributed by atoms with Gasteiger partial charge in [0.1, 0.15) is 5.82 Å². The van der Waals surface area contributed by atoms with Crippen LogP contribution in [0.4, 0.5) is 22.1 Å². The lowest BCUT2D eigenvalue weighted by atomic mass is 10.0. The Morgan fingerprint density at radius 3 is 2.23 bits per heavy atom. The molecule has 1 aliphatic heterocycles. The Morgan fingerprint density at radius 2 is 1.54 bits per heavy atom. The molecular formula is C27H29N7O. The van der Waals surface area contributed by atoms with Crippen LogP contribution in [0.2, 0.25) is 0 Å². The van der Waals surface area contributed by atoms with Gasteiger partial charge in [0, 0.05) is 57.5 Å². The number of anilines is 3. The van der Waals surface area contributed by atoms with Crippen molar-refractivity contribution in [2.45, 2.75) is 6.42 Å². The molecule has 8 nitrogen and oxygen atoms in total. The molecular weight excluding hydrogens is 438 g/mol. The minimum atomic E-state index is -0.170. The first-order chi connectivity index (χ1) is 17.1. The first-order valence-corrected chi connectivity index (χ1v) is 11.8. The molecule has 5 rings (SSSR count). The molecule has 1 N–H and O–H groups in total. The van der Waals surface area contributed by atoms with Crippen molar-refractivity contribution in [2.75, 3.05) is 55.4 Å². The van der Waals surface area contributed by atoms with Gasteiger partial charge in [-0.25, -0.2) is 9.78 Å². The second-order valence-corrected chi connectivity index (χ2v) is 8.88. The number of pyridine rings is 1. The van der Waals surface area contributed by atoms with E-state index in [1.807, 2.05) is 18.2 Å². The van der Waals surface area contributed by atoms with Gasteiger partial charge in [-0.3, -0.25) is 0 Å². The van der Waals surface area contributed by atoms with Crippen molar-refractivity contribution in [2.24, 2.45) is 0 Å². The van der Waals surface area contributed by atoms with Crippen molar-refractivity contribution in [3.63, 3.8) is 0 Å². The van der Waals surface area contributed by atoms with E-state index >= 15 is 0 Å². The highest BCUT2D eigenvalue weighted by molar-refractivity contribution is 5.93. The summed E-state index contributed by atoms with van der Waals surface area (Å²) in [5.74, 6) is 1.84. The highest BCUT2D eigenvalue weighted by Gasteiger charge is 2.22. The second kappa shape index (κ2) is 9.97.